The average molecular weight is 409 g/mol. The van der Waals surface area contributed by atoms with Gasteiger partial charge in [0.05, 0.1) is 0 Å². The van der Waals surface area contributed by atoms with Crippen molar-refractivity contribution in [1.29, 1.82) is 0 Å². The second kappa shape index (κ2) is 13.4. The molecule has 30 heavy (non-hydrogen) atoms. The van der Waals surface area contributed by atoms with Crippen LogP contribution in [-0.4, -0.2) is 0 Å². The van der Waals surface area contributed by atoms with Crippen molar-refractivity contribution in [2.24, 2.45) is 0 Å². The number of fused-ring (bicyclic) bond motifs is 3. The first-order valence-corrected chi connectivity index (χ1v) is 13.9. The standard InChI is InChI=1S/C30H48/c1-3-5-6-7-8-9-10-11-12-13-14-15-16-17-18-19-20-21-23-26-25(22-4-2)29-27-24-28(27)30(26)29/h3-23H2,1-2H3. The quantitative estimate of drug-likeness (QED) is 0.157. The lowest BCUT2D eigenvalue weighted by molar-refractivity contribution is 0.525. The summed E-state index contributed by atoms with van der Waals surface area (Å²) < 4.78 is 0. The van der Waals surface area contributed by atoms with Crippen LogP contribution in [0.1, 0.15) is 147 Å². The first-order chi connectivity index (χ1) is 14.9. The van der Waals surface area contributed by atoms with E-state index in [1.54, 1.807) is 21.6 Å². The molecule has 0 unspecified atom stereocenters. The molecular formula is C30H48. The Kier molecular flexibility index (Phi) is 10.6. The van der Waals surface area contributed by atoms with E-state index in [0.29, 0.717) is 0 Å². The van der Waals surface area contributed by atoms with Crippen molar-refractivity contribution in [1.82, 2.24) is 0 Å². The molecule has 3 aliphatic carbocycles. The van der Waals surface area contributed by atoms with E-state index < -0.39 is 0 Å². The summed E-state index contributed by atoms with van der Waals surface area (Å²) in [5, 5.41) is 6.27. The summed E-state index contributed by atoms with van der Waals surface area (Å²) in [6, 6.07) is 0. The molecular weight excluding hydrogens is 360 g/mol. The van der Waals surface area contributed by atoms with Crippen LogP contribution in [0.4, 0.5) is 0 Å². The Bertz CT molecular complexity index is 853. The van der Waals surface area contributed by atoms with Gasteiger partial charge in [-0.25, -0.2) is 0 Å². The van der Waals surface area contributed by atoms with Crippen molar-refractivity contribution in [3.8, 4) is 0 Å². The molecule has 0 heterocycles. The van der Waals surface area contributed by atoms with E-state index in [9.17, 15) is 0 Å². The molecule has 0 aromatic heterocycles. The molecule has 3 aliphatic rings. The summed E-state index contributed by atoms with van der Waals surface area (Å²) in [5.41, 5.74) is 6.90. The van der Waals surface area contributed by atoms with Crippen LogP contribution in [-0.2, 0) is 12.8 Å². The molecule has 0 aromatic carbocycles. The Hall–Kier alpha value is -1.00. The molecule has 0 saturated carbocycles. The summed E-state index contributed by atoms with van der Waals surface area (Å²) in [6.45, 7) is 4.62. The van der Waals surface area contributed by atoms with Crippen molar-refractivity contribution < 1.29 is 0 Å². The third kappa shape index (κ3) is 6.75. The Morgan fingerprint density at radius 1 is 0.400 bits per heavy atom. The summed E-state index contributed by atoms with van der Waals surface area (Å²) in [4.78, 5) is 0. The SMILES string of the molecule is CCCCCCCCCCCCCCCCCCCCc1c(CCC)c2c3c(c1=2)=C=3. The van der Waals surface area contributed by atoms with Gasteiger partial charge in [-0.2, -0.15) is 0 Å². The zero-order valence-electron chi connectivity index (χ0n) is 20.3. The fraction of sp³-hybridized carbons (Fsp3) is 0.767. The first-order valence-electron chi connectivity index (χ1n) is 13.9. The van der Waals surface area contributed by atoms with Gasteiger partial charge >= 0.3 is 0 Å². The fourth-order valence-corrected chi connectivity index (χ4v) is 5.50. The average Bonchev–Trinajstić information content (AvgIpc) is 3.43. The van der Waals surface area contributed by atoms with Crippen LogP contribution in [0.15, 0.2) is 0 Å². The highest BCUT2D eigenvalue weighted by Crippen LogP contribution is 2.24. The minimum Gasteiger partial charge on any atom is -0.101 e. The van der Waals surface area contributed by atoms with Crippen LogP contribution in [0.25, 0.3) is 5.73 Å². The Balaban J connectivity index is 1.05. The van der Waals surface area contributed by atoms with Gasteiger partial charge in [0.1, 0.15) is 0 Å². The second-order valence-electron chi connectivity index (χ2n) is 10.1. The van der Waals surface area contributed by atoms with Crippen LogP contribution in [0.2, 0.25) is 0 Å². The van der Waals surface area contributed by atoms with Gasteiger partial charge in [-0.1, -0.05) is 129 Å². The number of benzene rings is 1. The largest absolute Gasteiger partial charge is 0.101 e. The van der Waals surface area contributed by atoms with Gasteiger partial charge in [-0.3, -0.25) is 0 Å². The smallest absolute Gasteiger partial charge is 0.0410 e. The minimum absolute atomic E-state index is 1.29. The van der Waals surface area contributed by atoms with E-state index in [0.717, 1.165) is 0 Å². The van der Waals surface area contributed by atoms with Crippen LogP contribution < -0.4 is 10.4 Å². The molecule has 0 atom stereocenters. The molecule has 0 nitrogen and oxygen atoms in total. The van der Waals surface area contributed by atoms with E-state index in [1.165, 1.54) is 145 Å². The summed E-state index contributed by atoms with van der Waals surface area (Å²) >= 11 is 0. The highest BCUT2D eigenvalue weighted by Gasteiger charge is 2.23. The molecule has 0 aromatic rings. The van der Waals surface area contributed by atoms with Crippen molar-refractivity contribution in [3.63, 3.8) is 0 Å². The van der Waals surface area contributed by atoms with E-state index >= 15 is 0 Å². The molecule has 0 radical (unpaired) electrons. The molecule has 3 rings (SSSR count). The van der Waals surface area contributed by atoms with Crippen molar-refractivity contribution in [2.75, 3.05) is 0 Å². The fourth-order valence-electron chi connectivity index (χ4n) is 5.50. The van der Waals surface area contributed by atoms with Crippen molar-refractivity contribution >= 4 is 5.73 Å². The lowest BCUT2D eigenvalue weighted by Crippen LogP contribution is -2.29. The summed E-state index contributed by atoms with van der Waals surface area (Å²) in [7, 11) is 0. The topological polar surface area (TPSA) is 0 Å². The normalized spacial score (nSPS) is 12.5. The molecule has 0 saturated heterocycles. The molecule has 0 N–H and O–H groups in total. The van der Waals surface area contributed by atoms with Gasteiger partial charge in [-0.15, -0.1) is 5.73 Å². The summed E-state index contributed by atoms with van der Waals surface area (Å²) in [6.07, 6.45) is 30.2. The third-order valence-corrected chi connectivity index (χ3v) is 7.44. The minimum atomic E-state index is 1.29. The van der Waals surface area contributed by atoms with Gasteiger partial charge in [0, 0.05) is 20.9 Å². The van der Waals surface area contributed by atoms with Crippen LogP contribution in [0.5, 0.6) is 0 Å². The van der Waals surface area contributed by atoms with Crippen LogP contribution >= 0.6 is 0 Å². The van der Waals surface area contributed by atoms with Crippen LogP contribution in [0, 0.1) is 10.4 Å². The Morgan fingerprint density at radius 2 is 0.767 bits per heavy atom. The Morgan fingerprint density at radius 3 is 1.17 bits per heavy atom. The number of rotatable bonds is 21. The maximum absolute atomic E-state index is 3.46. The second-order valence-corrected chi connectivity index (χ2v) is 10.1. The zero-order chi connectivity index (χ0) is 21.0. The maximum Gasteiger partial charge on any atom is 0.0410 e. The van der Waals surface area contributed by atoms with Crippen molar-refractivity contribution in [2.45, 2.75) is 149 Å². The van der Waals surface area contributed by atoms with Gasteiger partial charge in [0.15, 0.2) is 0 Å². The van der Waals surface area contributed by atoms with E-state index in [4.69, 9.17) is 0 Å². The lowest BCUT2D eigenvalue weighted by atomic mass is 9.85. The molecule has 0 amide bonds. The highest BCUT2D eigenvalue weighted by atomic mass is 14.2. The van der Waals surface area contributed by atoms with E-state index in [1.807, 2.05) is 0 Å². The van der Waals surface area contributed by atoms with Gasteiger partial charge < -0.3 is 0 Å². The lowest BCUT2D eigenvalue weighted by Gasteiger charge is -2.18. The molecule has 0 aliphatic heterocycles. The van der Waals surface area contributed by atoms with Gasteiger partial charge in [0.2, 0.25) is 0 Å². The van der Waals surface area contributed by atoms with Gasteiger partial charge in [0.25, 0.3) is 0 Å². The van der Waals surface area contributed by atoms with Crippen molar-refractivity contribution in [3.05, 3.63) is 32.0 Å². The highest BCUT2D eigenvalue weighted by molar-refractivity contribution is 5.56. The molecule has 0 fully saturated rings. The third-order valence-electron chi connectivity index (χ3n) is 7.44. The Labute approximate surface area is 186 Å². The number of hydrogen-bond acceptors (Lipinski definition) is 0. The predicted molar refractivity (Wildman–Crippen MR) is 132 cm³/mol. The van der Waals surface area contributed by atoms with E-state index in [2.05, 4.69) is 19.6 Å². The zero-order valence-corrected chi connectivity index (χ0v) is 20.3. The number of unbranched alkanes of at least 4 members (excludes halogenated alkanes) is 17. The maximum atomic E-state index is 3.46. The van der Waals surface area contributed by atoms with E-state index in [-0.39, 0.29) is 0 Å². The summed E-state index contributed by atoms with van der Waals surface area (Å²) in [5.74, 6) is 0. The molecule has 0 spiro atoms. The van der Waals surface area contributed by atoms with Gasteiger partial charge in [-0.05, 0) is 30.4 Å². The molecule has 0 heteroatoms. The molecule has 0 bridgehead atoms. The molecule has 168 valence electrons. The van der Waals surface area contributed by atoms with Crippen LogP contribution in [0.3, 0.4) is 0 Å². The predicted octanol–water partition coefficient (Wildman–Crippen LogP) is 7.89. The first kappa shape index (κ1) is 23.7. The monoisotopic (exact) mass is 408 g/mol. The number of hydrogen-bond donors (Lipinski definition) is 0.